The van der Waals surface area contributed by atoms with E-state index in [4.69, 9.17) is 4.52 Å². The van der Waals surface area contributed by atoms with Gasteiger partial charge in [-0.15, -0.1) is 0 Å². The van der Waals surface area contributed by atoms with Gasteiger partial charge in [0.25, 0.3) is 0 Å². The third-order valence-corrected chi connectivity index (χ3v) is 4.27. The van der Waals surface area contributed by atoms with E-state index in [1.165, 1.54) is 12.0 Å². The van der Waals surface area contributed by atoms with Gasteiger partial charge in [0.05, 0.1) is 0 Å². The van der Waals surface area contributed by atoms with Crippen molar-refractivity contribution < 1.29 is 14.1 Å². The molecule has 1 aliphatic carbocycles. The van der Waals surface area contributed by atoms with Crippen LogP contribution in [0.5, 0.6) is 0 Å². The van der Waals surface area contributed by atoms with Crippen LogP contribution in [0.4, 0.5) is 5.69 Å². The lowest BCUT2D eigenvalue weighted by Crippen LogP contribution is -2.36. The SMILES string of the molecule is Cc1noc(CCCNC(=O)C(=O)Nc2cccc3c2CCCC3)n1. The van der Waals surface area contributed by atoms with E-state index in [1.807, 2.05) is 12.1 Å². The number of benzene rings is 1. The van der Waals surface area contributed by atoms with Crippen LogP contribution >= 0.6 is 0 Å². The highest BCUT2D eigenvalue weighted by Gasteiger charge is 2.18. The molecule has 2 amide bonds. The zero-order valence-electron chi connectivity index (χ0n) is 14.3. The summed E-state index contributed by atoms with van der Waals surface area (Å²) in [7, 11) is 0. The molecule has 0 spiro atoms. The van der Waals surface area contributed by atoms with Gasteiger partial charge in [0.1, 0.15) is 0 Å². The van der Waals surface area contributed by atoms with Gasteiger partial charge in [-0.05, 0) is 56.2 Å². The number of rotatable bonds is 5. The molecule has 7 heteroatoms. The van der Waals surface area contributed by atoms with Crippen LogP contribution in [0.1, 0.15) is 42.1 Å². The predicted octanol–water partition coefficient (Wildman–Crippen LogP) is 1.94. The molecule has 132 valence electrons. The van der Waals surface area contributed by atoms with E-state index in [-0.39, 0.29) is 0 Å². The van der Waals surface area contributed by atoms with Crippen molar-refractivity contribution in [2.75, 3.05) is 11.9 Å². The lowest BCUT2D eigenvalue weighted by atomic mass is 9.90. The van der Waals surface area contributed by atoms with Crippen LogP contribution in [-0.2, 0) is 28.9 Å². The standard InChI is InChI=1S/C18H22N4O3/c1-12-20-16(25-22-12)10-5-11-19-17(23)18(24)21-15-9-4-7-13-6-2-3-8-14(13)15/h4,7,9H,2-3,5-6,8,10-11H2,1H3,(H,19,23)(H,21,24). The molecule has 1 aromatic carbocycles. The molecule has 0 radical (unpaired) electrons. The largest absolute Gasteiger partial charge is 0.348 e. The molecule has 1 aromatic heterocycles. The van der Waals surface area contributed by atoms with Gasteiger partial charge in [-0.2, -0.15) is 4.98 Å². The third kappa shape index (κ3) is 4.43. The molecule has 0 aliphatic heterocycles. The second-order valence-corrected chi connectivity index (χ2v) is 6.20. The van der Waals surface area contributed by atoms with Gasteiger partial charge in [-0.3, -0.25) is 9.59 Å². The van der Waals surface area contributed by atoms with Gasteiger partial charge < -0.3 is 15.2 Å². The Morgan fingerprint density at radius 3 is 2.84 bits per heavy atom. The fraction of sp³-hybridized carbons (Fsp3) is 0.444. The van der Waals surface area contributed by atoms with Crippen LogP contribution in [-0.4, -0.2) is 28.5 Å². The third-order valence-electron chi connectivity index (χ3n) is 4.27. The Bertz CT molecular complexity index is 769. The average molecular weight is 342 g/mol. The highest BCUT2D eigenvalue weighted by atomic mass is 16.5. The summed E-state index contributed by atoms with van der Waals surface area (Å²) in [5, 5.41) is 9.06. The molecule has 0 unspecified atom stereocenters. The summed E-state index contributed by atoms with van der Waals surface area (Å²) in [4.78, 5) is 28.1. The monoisotopic (exact) mass is 342 g/mol. The minimum atomic E-state index is -0.632. The van der Waals surface area contributed by atoms with E-state index < -0.39 is 11.8 Å². The zero-order chi connectivity index (χ0) is 17.6. The number of anilines is 1. The molecule has 0 saturated heterocycles. The van der Waals surface area contributed by atoms with Crippen molar-refractivity contribution in [3.8, 4) is 0 Å². The first kappa shape index (κ1) is 17.1. The average Bonchev–Trinajstić information content (AvgIpc) is 3.04. The summed E-state index contributed by atoms with van der Waals surface area (Å²) in [6, 6.07) is 5.86. The first-order valence-electron chi connectivity index (χ1n) is 8.62. The summed E-state index contributed by atoms with van der Waals surface area (Å²) in [6.45, 7) is 2.13. The molecule has 0 bridgehead atoms. The van der Waals surface area contributed by atoms with E-state index in [0.717, 1.165) is 30.5 Å². The number of carbonyl (C=O) groups excluding carboxylic acids is 2. The second kappa shape index (κ2) is 7.92. The number of carbonyl (C=O) groups is 2. The number of amides is 2. The molecule has 2 N–H and O–H groups in total. The topological polar surface area (TPSA) is 97.1 Å². The van der Waals surface area contributed by atoms with Crippen LogP contribution in [0.2, 0.25) is 0 Å². The Morgan fingerprint density at radius 2 is 2.04 bits per heavy atom. The van der Waals surface area contributed by atoms with Crippen molar-refractivity contribution in [3.63, 3.8) is 0 Å². The Morgan fingerprint density at radius 1 is 1.20 bits per heavy atom. The summed E-state index contributed by atoms with van der Waals surface area (Å²) < 4.78 is 5.00. The zero-order valence-corrected chi connectivity index (χ0v) is 14.3. The van der Waals surface area contributed by atoms with Crippen LogP contribution < -0.4 is 10.6 Å². The first-order chi connectivity index (χ1) is 12.1. The quantitative estimate of drug-likeness (QED) is 0.639. The summed E-state index contributed by atoms with van der Waals surface area (Å²) >= 11 is 0. The van der Waals surface area contributed by atoms with Crippen LogP contribution in [0.15, 0.2) is 22.7 Å². The Balaban J connectivity index is 1.47. The van der Waals surface area contributed by atoms with E-state index in [2.05, 4.69) is 26.8 Å². The van der Waals surface area contributed by atoms with E-state index >= 15 is 0 Å². The van der Waals surface area contributed by atoms with Gasteiger partial charge >= 0.3 is 11.8 Å². The summed E-state index contributed by atoms with van der Waals surface area (Å²) in [6.07, 6.45) is 5.44. The highest BCUT2D eigenvalue weighted by molar-refractivity contribution is 6.39. The molecule has 1 heterocycles. The van der Waals surface area contributed by atoms with Crippen LogP contribution in [0, 0.1) is 6.92 Å². The molecule has 0 saturated carbocycles. The summed E-state index contributed by atoms with van der Waals surface area (Å²) in [5.41, 5.74) is 3.17. The predicted molar refractivity (Wildman–Crippen MR) is 92.1 cm³/mol. The molecular weight excluding hydrogens is 320 g/mol. The number of nitrogens with zero attached hydrogens (tertiary/aromatic N) is 2. The van der Waals surface area contributed by atoms with Crippen molar-refractivity contribution in [2.24, 2.45) is 0 Å². The molecule has 0 fully saturated rings. The van der Waals surface area contributed by atoms with Gasteiger partial charge in [-0.1, -0.05) is 17.3 Å². The van der Waals surface area contributed by atoms with Crippen molar-refractivity contribution in [3.05, 3.63) is 41.0 Å². The molecule has 1 aliphatic rings. The maximum absolute atomic E-state index is 12.1. The smallest absolute Gasteiger partial charge is 0.313 e. The minimum Gasteiger partial charge on any atom is -0.348 e. The number of nitrogens with one attached hydrogen (secondary N) is 2. The van der Waals surface area contributed by atoms with Gasteiger partial charge in [0.2, 0.25) is 5.89 Å². The first-order valence-corrected chi connectivity index (χ1v) is 8.62. The van der Waals surface area contributed by atoms with Crippen molar-refractivity contribution in [1.29, 1.82) is 0 Å². The summed E-state index contributed by atoms with van der Waals surface area (Å²) in [5.74, 6) is -0.139. The normalized spacial score (nSPS) is 13.2. The van der Waals surface area contributed by atoms with Gasteiger partial charge in [0, 0.05) is 18.7 Å². The van der Waals surface area contributed by atoms with Gasteiger partial charge in [0.15, 0.2) is 5.82 Å². The van der Waals surface area contributed by atoms with Crippen molar-refractivity contribution >= 4 is 17.5 Å². The maximum atomic E-state index is 12.1. The van der Waals surface area contributed by atoms with Gasteiger partial charge in [-0.25, -0.2) is 0 Å². The van der Waals surface area contributed by atoms with Crippen LogP contribution in [0.3, 0.4) is 0 Å². The van der Waals surface area contributed by atoms with E-state index in [1.54, 1.807) is 6.92 Å². The Hall–Kier alpha value is -2.70. The van der Waals surface area contributed by atoms with Crippen molar-refractivity contribution in [2.45, 2.75) is 45.4 Å². The molecule has 2 aromatic rings. The highest BCUT2D eigenvalue weighted by Crippen LogP contribution is 2.27. The lowest BCUT2D eigenvalue weighted by Gasteiger charge is -2.19. The Labute approximate surface area is 146 Å². The van der Waals surface area contributed by atoms with Crippen molar-refractivity contribution in [1.82, 2.24) is 15.5 Å². The number of fused-ring (bicyclic) bond motifs is 1. The molecule has 0 atom stereocenters. The molecule has 25 heavy (non-hydrogen) atoms. The fourth-order valence-corrected chi connectivity index (χ4v) is 3.04. The van der Waals surface area contributed by atoms with E-state index in [9.17, 15) is 9.59 Å². The maximum Gasteiger partial charge on any atom is 0.313 e. The number of aromatic nitrogens is 2. The number of hydrogen-bond acceptors (Lipinski definition) is 5. The number of hydrogen-bond donors (Lipinski definition) is 2. The lowest BCUT2D eigenvalue weighted by molar-refractivity contribution is -0.136. The molecule has 3 rings (SSSR count). The minimum absolute atomic E-state index is 0.376. The Kier molecular flexibility index (Phi) is 5.42. The second-order valence-electron chi connectivity index (χ2n) is 6.20. The fourth-order valence-electron chi connectivity index (χ4n) is 3.04. The molecule has 7 nitrogen and oxygen atoms in total. The molecular formula is C18H22N4O3. The number of aryl methyl sites for hydroxylation is 3. The van der Waals surface area contributed by atoms with E-state index in [0.29, 0.717) is 31.1 Å². The van der Waals surface area contributed by atoms with Crippen LogP contribution in [0.25, 0.3) is 0 Å².